The van der Waals surface area contributed by atoms with Gasteiger partial charge in [-0.25, -0.2) is 4.79 Å². The topological polar surface area (TPSA) is 58.6 Å². The van der Waals surface area contributed by atoms with E-state index in [9.17, 15) is 9.59 Å². The molecule has 0 aromatic carbocycles. The molecule has 3 amide bonds. The quantitative estimate of drug-likeness (QED) is 0.501. The van der Waals surface area contributed by atoms with Crippen LogP contribution in [0.3, 0.4) is 0 Å². The van der Waals surface area contributed by atoms with Crippen LogP contribution in [-0.2, 0) is 9.53 Å². The minimum absolute atomic E-state index is 0.125. The van der Waals surface area contributed by atoms with E-state index in [0.717, 1.165) is 0 Å². The summed E-state index contributed by atoms with van der Waals surface area (Å²) in [6, 6.07) is -1.03. The molecule has 80 valence electrons. The summed E-state index contributed by atoms with van der Waals surface area (Å²) < 4.78 is 5.15. The molecule has 0 aromatic heterocycles. The largest absolute Gasteiger partial charge is 0.379 e. The molecular weight excluding hydrogens is 196 g/mol. The van der Waals surface area contributed by atoms with E-state index >= 15 is 0 Å². The molecule has 2 atom stereocenters. The minimum atomic E-state index is -0.553. The standard InChI is InChI=1S/C10H12N2O3/c1-2-3-8-9(13)12(10(14)11-8)7-4-5-15-6-7/h1,7-8H,3-6H2,(H,11,14). The predicted molar refractivity (Wildman–Crippen MR) is 51.8 cm³/mol. The molecule has 2 fully saturated rings. The molecule has 2 aliphatic rings. The molecule has 2 rings (SSSR count). The zero-order chi connectivity index (χ0) is 10.8. The molecule has 2 aliphatic heterocycles. The first-order chi connectivity index (χ1) is 7.24. The van der Waals surface area contributed by atoms with E-state index in [1.165, 1.54) is 4.90 Å². The van der Waals surface area contributed by atoms with Gasteiger partial charge >= 0.3 is 6.03 Å². The summed E-state index contributed by atoms with van der Waals surface area (Å²) in [6.45, 7) is 1.03. The molecule has 5 nitrogen and oxygen atoms in total. The predicted octanol–water partition coefficient (Wildman–Crippen LogP) is -0.281. The monoisotopic (exact) mass is 208 g/mol. The second-order valence-electron chi connectivity index (χ2n) is 3.64. The second kappa shape index (κ2) is 3.91. The molecule has 2 heterocycles. The average molecular weight is 208 g/mol. The Kier molecular flexibility index (Phi) is 2.60. The van der Waals surface area contributed by atoms with Gasteiger partial charge in [-0.2, -0.15) is 0 Å². The Labute approximate surface area is 87.8 Å². The lowest BCUT2D eigenvalue weighted by molar-refractivity contribution is -0.128. The van der Waals surface area contributed by atoms with Crippen LogP contribution in [0.5, 0.6) is 0 Å². The average Bonchev–Trinajstić information content (AvgIpc) is 2.77. The molecule has 15 heavy (non-hydrogen) atoms. The normalized spacial score (nSPS) is 30.5. The number of terminal acetylenes is 1. The molecule has 5 heteroatoms. The van der Waals surface area contributed by atoms with Crippen molar-refractivity contribution in [3.05, 3.63) is 0 Å². The highest BCUT2D eigenvalue weighted by Crippen LogP contribution is 2.18. The molecule has 2 saturated heterocycles. The van der Waals surface area contributed by atoms with E-state index in [-0.39, 0.29) is 24.4 Å². The Morgan fingerprint density at radius 2 is 2.40 bits per heavy atom. The Morgan fingerprint density at radius 3 is 3.00 bits per heavy atom. The smallest absolute Gasteiger partial charge is 0.325 e. The van der Waals surface area contributed by atoms with E-state index in [1.807, 2.05) is 0 Å². The number of ether oxygens (including phenoxy) is 1. The molecule has 0 bridgehead atoms. The maximum atomic E-state index is 11.8. The molecule has 0 saturated carbocycles. The number of imide groups is 1. The van der Waals surface area contributed by atoms with Gasteiger partial charge in [-0.05, 0) is 6.42 Å². The Balaban J connectivity index is 2.09. The third kappa shape index (κ3) is 1.68. The number of nitrogens with zero attached hydrogens (tertiary/aromatic N) is 1. The van der Waals surface area contributed by atoms with Gasteiger partial charge in [-0.15, -0.1) is 12.3 Å². The van der Waals surface area contributed by atoms with Crippen molar-refractivity contribution in [1.29, 1.82) is 0 Å². The van der Waals surface area contributed by atoms with Crippen LogP contribution >= 0.6 is 0 Å². The van der Waals surface area contributed by atoms with Crippen molar-refractivity contribution in [2.45, 2.75) is 24.9 Å². The Hall–Kier alpha value is -1.54. The summed E-state index contributed by atoms with van der Waals surface area (Å²) >= 11 is 0. The highest BCUT2D eigenvalue weighted by molar-refractivity contribution is 6.04. The fraction of sp³-hybridized carbons (Fsp3) is 0.600. The summed E-state index contributed by atoms with van der Waals surface area (Å²) in [5.74, 6) is 2.15. The molecule has 0 spiro atoms. The number of rotatable bonds is 2. The van der Waals surface area contributed by atoms with E-state index in [0.29, 0.717) is 19.6 Å². The minimum Gasteiger partial charge on any atom is -0.379 e. The van der Waals surface area contributed by atoms with Crippen molar-refractivity contribution in [3.63, 3.8) is 0 Å². The first kappa shape index (κ1) is 9.99. The second-order valence-corrected chi connectivity index (χ2v) is 3.64. The van der Waals surface area contributed by atoms with Gasteiger partial charge in [0.25, 0.3) is 5.91 Å². The summed E-state index contributed by atoms with van der Waals surface area (Å²) in [6.07, 6.45) is 6.07. The summed E-state index contributed by atoms with van der Waals surface area (Å²) in [5, 5.41) is 2.57. The lowest BCUT2D eigenvalue weighted by Crippen LogP contribution is -2.41. The fourth-order valence-corrected chi connectivity index (χ4v) is 1.88. The van der Waals surface area contributed by atoms with Crippen molar-refractivity contribution >= 4 is 11.9 Å². The first-order valence-electron chi connectivity index (χ1n) is 4.89. The zero-order valence-corrected chi connectivity index (χ0v) is 8.23. The van der Waals surface area contributed by atoms with Gasteiger partial charge in [0.05, 0.1) is 12.6 Å². The van der Waals surface area contributed by atoms with Crippen LogP contribution in [-0.4, -0.2) is 42.1 Å². The highest BCUT2D eigenvalue weighted by atomic mass is 16.5. The summed E-state index contributed by atoms with van der Waals surface area (Å²) in [4.78, 5) is 24.6. The number of hydrogen-bond acceptors (Lipinski definition) is 3. The van der Waals surface area contributed by atoms with Crippen molar-refractivity contribution in [1.82, 2.24) is 10.2 Å². The number of amides is 3. The van der Waals surface area contributed by atoms with Crippen LogP contribution in [0, 0.1) is 12.3 Å². The molecule has 0 aromatic rings. The molecule has 2 unspecified atom stereocenters. The lowest BCUT2D eigenvalue weighted by atomic mass is 10.2. The van der Waals surface area contributed by atoms with Crippen LogP contribution in [0.4, 0.5) is 4.79 Å². The maximum absolute atomic E-state index is 11.8. The van der Waals surface area contributed by atoms with Gasteiger partial charge in [0, 0.05) is 13.0 Å². The van der Waals surface area contributed by atoms with Crippen LogP contribution < -0.4 is 5.32 Å². The molecule has 1 N–H and O–H groups in total. The summed E-state index contributed by atoms with van der Waals surface area (Å²) in [5.41, 5.74) is 0. The van der Waals surface area contributed by atoms with Crippen molar-refractivity contribution in [2.75, 3.05) is 13.2 Å². The Bertz CT molecular complexity index is 328. The van der Waals surface area contributed by atoms with Gasteiger partial charge in [0.2, 0.25) is 0 Å². The summed E-state index contributed by atoms with van der Waals surface area (Å²) in [7, 11) is 0. The lowest BCUT2D eigenvalue weighted by Gasteiger charge is -2.18. The van der Waals surface area contributed by atoms with Crippen LogP contribution in [0.2, 0.25) is 0 Å². The van der Waals surface area contributed by atoms with Crippen LogP contribution in [0.1, 0.15) is 12.8 Å². The van der Waals surface area contributed by atoms with Crippen LogP contribution in [0.15, 0.2) is 0 Å². The SMILES string of the molecule is C#CCC1NC(=O)N(C2CCOC2)C1=O. The molecule has 0 radical (unpaired) electrons. The number of carbonyl (C=O) groups excluding carboxylic acids is 2. The van der Waals surface area contributed by atoms with E-state index in [4.69, 9.17) is 11.2 Å². The third-order valence-corrected chi connectivity index (χ3v) is 2.64. The van der Waals surface area contributed by atoms with E-state index < -0.39 is 6.04 Å². The van der Waals surface area contributed by atoms with Crippen molar-refractivity contribution < 1.29 is 14.3 Å². The zero-order valence-electron chi connectivity index (χ0n) is 8.23. The number of urea groups is 1. The maximum Gasteiger partial charge on any atom is 0.325 e. The van der Waals surface area contributed by atoms with Gasteiger partial charge in [-0.1, -0.05) is 0 Å². The van der Waals surface area contributed by atoms with Crippen molar-refractivity contribution in [3.8, 4) is 12.3 Å². The fourth-order valence-electron chi connectivity index (χ4n) is 1.88. The van der Waals surface area contributed by atoms with Gasteiger partial charge in [0.15, 0.2) is 0 Å². The van der Waals surface area contributed by atoms with Crippen molar-refractivity contribution in [2.24, 2.45) is 0 Å². The van der Waals surface area contributed by atoms with Gasteiger partial charge in [-0.3, -0.25) is 9.69 Å². The highest BCUT2D eigenvalue weighted by Gasteiger charge is 2.42. The number of carbonyl (C=O) groups is 2. The van der Waals surface area contributed by atoms with Gasteiger partial charge < -0.3 is 10.1 Å². The molecular formula is C10H12N2O3. The van der Waals surface area contributed by atoms with Gasteiger partial charge in [0.1, 0.15) is 6.04 Å². The Morgan fingerprint density at radius 1 is 1.60 bits per heavy atom. The number of nitrogens with one attached hydrogen (secondary N) is 1. The van der Waals surface area contributed by atoms with Crippen LogP contribution in [0.25, 0.3) is 0 Å². The molecule has 0 aliphatic carbocycles. The first-order valence-corrected chi connectivity index (χ1v) is 4.89. The van der Waals surface area contributed by atoms with E-state index in [2.05, 4.69) is 11.2 Å². The number of hydrogen-bond donors (Lipinski definition) is 1. The van der Waals surface area contributed by atoms with E-state index in [1.54, 1.807) is 0 Å². The third-order valence-electron chi connectivity index (χ3n) is 2.64.